The Morgan fingerprint density at radius 3 is 1.80 bits per heavy atom. The Morgan fingerprint density at radius 2 is 1.27 bits per heavy atom. The minimum Gasteiger partial charge on any atom is -0.444 e. The Balaban J connectivity index is 0.807. The van der Waals surface area contributed by atoms with Crippen LogP contribution in [-0.4, -0.2) is 49.6 Å². The van der Waals surface area contributed by atoms with Gasteiger partial charge >= 0.3 is 6.09 Å². The summed E-state index contributed by atoms with van der Waals surface area (Å²) in [6, 6.07) is 14.7. The lowest BCUT2D eigenvalue weighted by molar-refractivity contribution is 0.0212. The molecule has 0 radical (unpaired) electrons. The third-order valence-electron chi connectivity index (χ3n) is 16.1. The Hall–Kier alpha value is -3.39. The van der Waals surface area contributed by atoms with E-state index in [2.05, 4.69) is 51.7 Å². The van der Waals surface area contributed by atoms with Crippen molar-refractivity contribution in [1.82, 2.24) is 30.2 Å². The number of hydrogen-bond donors (Lipinski definition) is 3. The van der Waals surface area contributed by atoms with E-state index in [4.69, 9.17) is 14.7 Å². The molecule has 4 aromatic rings. The number of aromatic nitrogens is 4. The average molecular weight is 743 g/mol. The first kappa shape index (κ1) is 34.8. The molecule has 2 saturated heterocycles. The first-order valence-electron chi connectivity index (χ1n) is 22.3. The normalized spacial score (nSPS) is 33.8. The molecular weight excluding hydrogens is 681 g/mol. The first-order valence-corrected chi connectivity index (χ1v) is 22.3. The van der Waals surface area contributed by atoms with Gasteiger partial charge in [-0.15, -0.1) is 0 Å². The summed E-state index contributed by atoms with van der Waals surface area (Å²) in [4.78, 5) is 33.1. The van der Waals surface area contributed by atoms with Crippen LogP contribution in [0.2, 0.25) is 0 Å². The van der Waals surface area contributed by atoms with Crippen LogP contribution in [0.4, 0.5) is 4.79 Å². The highest BCUT2D eigenvalue weighted by Crippen LogP contribution is 2.59. The highest BCUT2D eigenvalue weighted by Gasteiger charge is 2.55. The van der Waals surface area contributed by atoms with Crippen molar-refractivity contribution in [3.05, 3.63) is 59.2 Å². The van der Waals surface area contributed by atoms with Gasteiger partial charge in [-0.1, -0.05) is 37.8 Å². The number of fused-ring (bicyclic) bond motifs is 2. The molecule has 10 fully saturated rings. The topological polar surface area (TPSA) is 98.9 Å². The lowest BCUT2D eigenvalue weighted by Gasteiger charge is -2.42. The Kier molecular flexibility index (Phi) is 8.11. The zero-order chi connectivity index (χ0) is 37.1. The van der Waals surface area contributed by atoms with Crippen LogP contribution < -0.4 is 5.32 Å². The Morgan fingerprint density at radius 1 is 0.727 bits per heavy atom. The number of imidazole rings is 2. The number of likely N-dealkylation sites (tertiary alicyclic amines) is 1. The molecule has 8 saturated carbocycles. The summed E-state index contributed by atoms with van der Waals surface area (Å²) in [5.41, 5.74) is 7.90. The van der Waals surface area contributed by atoms with Gasteiger partial charge in [0.15, 0.2) is 0 Å². The number of benzene rings is 2. The van der Waals surface area contributed by atoms with Crippen molar-refractivity contribution in [1.29, 1.82) is 0 Å². The fourth-order valence-electron chi connectivity index (χ4n) is 12.5. The monoisotopic (exact) mass is 742 g/mol. The summed E-state index contributed by atoms with van der Waals surface area (Å²) >= 11 is 0. The number of rotatable bonds is 4. The van der Waals surface area contributed by atoms with Crippen LogP contribution >= 0.6 is 0 Å². The minimum absolute atomic E-state index is 0.0484. The number of H-pyrrole nitrogens is 2. The molecule has 292 valence electrons. The molecule has 14 rings (SSSR count). The zero-order valence-corrected chi connectivity index (χ0v) is 33.5. The number of hydrogen-bond acceptors (Lipinski definition) is 5. The predicted molar refractivity (Wildman–Crippen MR) is 217 cm³/mol. The number of aromatic amines is 2. The van der Waals surface area contributed by atoms with Crippen molar-refractivity contribution in [3.8, 4) is 0 Å². The van der Waals surface area contributed by atoms with Crippen molar-refractivity contribution in [2.24, 2.45) is 34.5 Å². The molecule has 10 aliphatic rings. The van der Waals surface area contributed by atoms with Gasteiger partial charge in [0.05, 0.1) is 34.2 Å². The Labute approximate surface area is 326 Å². The second kappa shape index (κ2) is 12.8. The zero-order valence-electron chi connectivity index (χ0n) is 33.5. The first-order chi connectivity index (χ1) is 26.6. The van der Waals surface area contributed by atoms with E-state index >= 15 is 0 Å². The van der Waals surface area contributed by atoms with Gasteiger partial charge in [0.25, 0.3) is 0 Å². The van der Waals surface area contributed by atoms with E-state index in [1.807, 2.05) is 25.7 Å². The maximum atomic E-state index is 13.4. The van der Waals surface area contributed by atoms with E-state index in [0.29, 0.717) is 23.3 Å². The van der Waals surface area contributed by atoms with Crippen LogP contribution in [0.1, 0.15) is 170 Å². The predicted octanol–water partition coefficient (Wildman–Crippen LogP) is 11.0. The smallest absolute Gasteiger partial charge is 0.410 e. The summed E-state index contributed by atoms with van der Waals surface area (Å²) in [6.07, 6.45) is 20.8. The molecule has 2 spiro atoms. The summed E-state index contributed by atoms with van der Waals surface area (Å²) in [6.45, 7) is 7.80. The van der Waals surface area contributed by atoms with E-state index in [1.54, 1.807) is 5.56 Å². The maximum Gasteiger partial charge on any atom is 0.410 e. The summed E-state index contributed by atoms with van der Waals surface area (Å²) in [5.74, 6) is 6.51. The molecule has 8 atom stereocenters. The molecule has 55 heavy (non-hydrogen) atoms. The fourth-order valence-corrected chi connectivity index (χ4v) is 12.5. The molecule has 2 aromatic carbocycles. The minimum atomic E-state index is -0.510. The molecule has 3 unspecified atom stereocenters. The van der Waals surface area contributed by atoms with Crippen LogP contribution in [0.15, 0.2) is 36.4 Å². The number of carbonyl (C=O) groups excluding carboxylic acids is 1. The molecule has 4 heterocycles. The van der Waals surface area contributed by atoms with Gasteiger partial charge in [-0.25, -0.2) is 14.8 Å². The molecule has 3 N–H and O–H groups in total. The van der Waals surface area contributed by atoms with E-state index in [0.717, 1.165) is 71.4 Å². The summed E-state index contributed by atoms with van der Waals surface area (Å²) in [7, 11) is 0. The lowest BCUT2D eigenvalue weighted by atomic mass is 9.63. The molecule has 8 aliphatic carbocycles. The van der Waals surface area contributed by atoms with Crippen LogP contribution in [0.5, 0.6) is 0 Å². The van der Waals surface area contributed by atoms with Crippen molar-refractivity contribution in [2.45, 2.75) is 153 Å². The van der Waals surface area contributed by atoms with E-state index in [-0.39, 0.29) is 17.6 Å². The number of nitrogens with zero attached hydrogens (tertiary/aromatic N) is 3. The molecule has 8 heteroatoms. The average Bonchev–Trinajstić information content (AvgIpc) is 3.79. The second-order valence-electron chi connectivity index (χ2n) is 21.0. The molecule has 4 bridgehead atoms. The number of ether oxygens (including phenoxy) is 1. The molecule has 2 aliphatic heterocycles. The Bertz CT molecular complexity index is 2100. The number of amides is 1. The van der Waals surface area contributed by atoms with Gasteiger partial charge in [-0.2, -0.15) is 0 Å². The lowest BCUT2D eigenvalue weighted by Crippen LogP contribution is -2.37. The molecule has 8 nitrogen and oxygen atoms in total. The van der Waals surface area contributed by atoms with Crippen molar-refractivity contribution < 1.29 is 9.53 Å². The fraction of sp³-hybridized carbons (Fsp3) is 0.681. The SMILES string of the molecule is CC(C)(C)OC(=O)N1CC2(CC2)C[C@H]1c1nc2ccc(C3C[C@@H]4CC[C@H]5CC[C@@H](CC[C@H]3CC4)CC5c3ccc4nc(C5CC6(CC6)CN5)[nH]c4c3)cc2[nH]1. The summed E-state index contributed by atoms with van der Waals surface area (Å²) < 4.78 is 5.88. The maximum absolute atomic E-state index is 13.4. The van der Waals surface area contributed by atoms with Crippen molar-refractivity contribution in [2.75, 3.05) is 13.1 Å². The molecule has 1 amide bonds. The van der Waals surface area contributed by atoms with E-state index in [1.165, 1.54) is 107 Å². The van der Waals surface area contributed by atoms with Gasteiger partial charge in [0, 0.05) is 13.1 Å². The van der Waals surface area contributed by atoms with Gasteiger partial charge in [0.1, 0.15) is 17.2 Å². The van der Waals surface area contributed by atoms with Crippen LogP contribution in [0, 0.1) is 34.5 Å². The second-order valence-corrected chi connectivity index (χ2v) is 21.0. The highest BCUT2D eigenvalue weighted by atomic mass is 16.6. The van der Waals surface area contributed by atoms with E-state index < -0.39 is 5.60 Å². The highest BCUT2D eigenvalue weighted by molar-refractivity contribution is 5.77. The molecular formula is C47H62N6O2. The number of carbonyl (C=O) groups is 1. The standard InChI is InChI=1S/C47H62N6O2/c1-45(2,3)55-44(54)53-27-47(18-19-47)25-41(53)43-50-37-15-13-33(23-39(37)52-43)35-21-29-5-9-30-8-4-28(6-10-31(35)11-7-29)20-34(30)32-12-14-36-38(22-32)51-42(49-36)40-24-46(16-17-46)26-48-40/h12-15,22-23,28-31,34-35,40-41,48H,4-11,16-21,24-27H2,1-3H3,(H,49,51)(H,50,52)/t28-,29+,30+,31-,34?,35?,40?,41-/m0/s1. The quantitative estimate of drug-likeness (QED) is 0.193. The molecule has 2 aromatic heterocycles. The van der Waals surface area contributed by atoms with Gasteiger partial charge in [-0.3, -0.25) is 4.90 Å². The largest absolute Gasteiger partial charge is 0.444 e. The third-order valence-corrected chi connectivity index (χ3v) is 16.1. The van der Waals surface area contributed by atoms with Crippen molar-refractivity contribution >= 4 is 28.2 Å². The van der Waals surface area contributed by atoms with Crippen LogP contribution in [0.3, 0.4) is 0 Å². The van der Waals surface area contributed by atoms with Gasteiger partial charge < -0.3 is 20.0 Å². The van der Waals surface area contributed by atoms with E-state index in [9.17, 15) is 4.79 Å². The van der Waals surface area contributed by atoms with Crippen LogP contribution in [-0.2, 0) is 4.74 Å². The third kappa shape index (κ3) is 6.60. The summed E-state index contributed by atoms with van der Waals surface area (Å²) in [5, 5.41) is 3.77. The van der Waals surface area contributed by atoms with Crippen LogP contribution in [0.25, 0.3) is 22.1 Å². The number of nitrogens with one attached hydrogen (secondary N) is 3. The van der Waals surface area contributed by atoms with Crippen molar-refractivity contribution in [3.63, 3.8) is 0 Å². The van der Waals surface area contributed by atoms with Gasteiger partial charge in [0.2, 0.25) is 0 Å². The van der Waals surface area contributed by atoms with Gasteiger partial charge in [-0.05, 0) is 180 Å².